The molecule has 0 heterocycles. The minimum Gasteiger partial charge on any atom is -0.404 e. The molecule has 2 rings (SSSR count). The van der Waals surface area contributed by atoms with Crippen LogP contribution in [0.2, 0.25) is 0 Å². The highest BCUT2D eigenvalue weighted by atomic mass is 79.9. The van der Waals surface area contributed by atoms with E-state index in [0.29, 0.717) is 4.47 Å². The van der Waals surface area contributed by atoms with Crippen molar-refractivity contribution in [1.29, 1.82) is 5.26 Å². The van der Waals surface area contributed by atoms with E-state index in [0.717, 1.165) is 25.7 Å². The summed E-state index contributed by atoms with van der Waals surface area (Å²) in [6.07, 6.45) is -1.29. The van der Waals surface area contributed by atoms with Crippen molar-refractivity contribution in [2.24, 2.45) is 5.92 Å². The van der Waals surface area contributed by atoms with E-state index < -0.39 is 6.36 Å². The zero-order valence-corrected chi connectivity index (χ0v) is 12.7. The van der Waals surface area contributed by atoms with Gasteiger partial charge in [-0.15, -0.1) is 13.2 Å². The molecule has 2 unspecified atom stereocenters. The molecular formula is C14H14BrF3N2O. The second-order valence-corrected chi connectivity index (χ2v) is 5.87. The summed E-state index contributed by atoms with van der Waals surface area (Å²) in [5, 5.41) is 12.2. The summed E-state index contributed by atoms with van der Waals surface area (Å²) in [7, 11) is 0. The van der Waals surface area contributed by atoms with Crippen molar-refractivity contribution in [2.75, 3.05) is 5.32 Å². The molecular weight excluding hydrogens is 349 g/mol. The van der Waals surface area contributed by atoms with Crippen LogP contribution in [0.3, 0.4) is 0 Å². The van der Waals surface area contributed by atoms with Crippen LogP contribution in [0.25, 0.3) is 0 Å². The molecule has 0 bridgehead atoms. The van der Waals surface area contributed by atoms with Gasteiger partial charge < -0.3 is 10.1 Å². The summed E-state index contributed by atoms with van der Waals surface area (Å²) in [5.74, 6) is -0.486. The number of benzene rings is 1. The zero-order valence-electron chi connectivity index (χ0n) is 11.1. The van der Waals surface area contributed by atoms with Gasteiger partial charge in [-0.3, -0.25) is 0 Å². The molecule has 2 atom stereocenters. The van der Waals surface area contributed by atoms with Crippen LogP contribution in [0.4, 0.5) is 18.9 Å². The van der Waals surface area contributed by atoms with Crippen molar-refractivity contribution in [3.8, 4) is 11.8 Å². The molecule has 1 saturated carbocycles. The first-order valence-electron chi connectivity index (χ1n) is 6.60. The van der Waals surface area contributed by atoms with E-state index in [-0.39, 0.29) is 23.4 Å². The van der Waals surface area contributed by atoms with Crippen molar-refractivity contribution in [1.82, 2.24) is 0 Å². The predicted octanol–water partition coefficient (Wildman–Crippen LogP) is 4.84. The van der Waals surface area contributed by atoms with Crippen LogP contribution in [0, 0.1) is 17.2 Å². The van der Waals surface area contributed by atoms with Gasteiger partial charge in [-0.2, -0.15) is 5.26 Å². The quantitative estimate of drug-likeness (QED) is 0.836. The topological polar surface area (TPSA) is 45.0 Å². The zero-order chi connectivity index (χ0) is 15.5. The Labute approximate surface area is 129 Å². The molecule has 3 nitrogen and oxygen atoms in total. The second kappa shape index (κ2) is 6.56. The van der Waals surface area contributed by atoms with Gasteiger partial charge in [-0.05, 0) is 31.0 Å². The van der Waals surface area contributed by atoms with Gasteiger partial charge in [-0.25, -0.2) is 0 Å². The standard InChI is InChI=1S/C14H14BrF3N2O/c15-10-5-6-12(13(7-10)21-14(16,17)18)20-11-4-2-1-3-9(11)8-19/h5-7,9,11,20H,1-4H2. The molecule has 1 N–H and O–H groups in total. The normalized spacial score (nSPS) is 22.4. The van der Waals surface area contributed by atoms with Crippen molar-refractivity contribution in [3.05, 3.63) is 22.7 Å². The Kier molecular flexibility index (Phi) is 4.99. The van der Waals surface area contributed by atoms with Crippen LogP contribution in [-0.2, 0) is 0 Å². The number of anilines is 1. The first-order valence-corrected chi connectivity index (χ1v) is 7.40. The van der Waals surface area contributed by atoms with Crippen LogP contribution in [0.5, 0.6) is 5.75 Å². The summed E-state index contributed by atoms with van der Waals surface area (Å²) in [6, 6.07) is 6.49. The van der Waals surface area contributed by atoms with Gasteiger partial charge in [0.25, 0.3) is 0 Å². The minimum absolute atomic E-state index is 0.152. The van der Waals surface area contributed by atoms with E-state index in [1.165, 1.54) is 12.1 Å². The molecule has 1 aliphatic carbocycles. The molecule has 0 saturated heterocycles. The van der Waals surface area contributed by atoms with Gasteiger partial charge in [0.1, 0.15) is 0 Å². The molecule has 1 aromatic carbocycles. The summed E-state index contributed by atoms with van der Waals surface area (Å²) < 4.78 is 41.9. The lowest BCUT2D eigenvalue weighted by molar-refractivity contribution is -0.274. The van der Waals surface area contributed by atoms with Gasteiger partial charge in [0, 0.05) is 10.5 Å². The molecule has 0 amide bonds. The smallest absolute Gasteiger partial charge is 0.404 e. The van der Waals surface area contributed by atoms with Gasteiger partial charge in [0.15, 0.2) is 5.75 Å². The van der Waals surface area contributed by atoms with E-state index >= 15 is 0 Å². The molecule has 1 fully saturated rings. The third-order valence-corrected chi connectivity index (χ3v) is 3.94. The highest BCUT2D eigenvalue weighted by Gasteiger charge is 2.33. The number of nitrogens with zero attached hydrogens (tertiary/aromatic N) is 1. The Balaban J connectivity index is 2.20. The maximum absolute atomic E-state index is 12.5. The predicted molar refractivity (Wildman–Crippen MR) is 75.8 cm³/mol. The van der Waals surface area contributed by atoms with Gasteiger partial charge in [0.2, 0.25) is 0 Å². The minimum atomic E-state index is -4.75. The Hall–Kier alpha value is -1.42. The SMILES string of the molecule is N#CC1CCCCC1Nc1ccc(Br)cc1OC(F)(F)F. The van der Waals surface area contributed by atoms with E-state index in [9.17, 15) is 13.2 Å². The fraction of sp³-hybridized carbons (Fsp3) is 0.500. The molecule has 21 heavy (non-hydrogen) atoms. The number of nitriles is 1. The van der Waals surface area contributed by atoms with Gasteiger partial charge >= 0.3 is 6.36 Å². The van der Waals surface area contributed by atoms with Crippen molar-refractivity contribution in [2.45, 2.75) is 38.1 Å². The van der Waals surface area contributed by atoms with Crippen molar-refractivity contribution >= 4 is 21.6 Å². The molecule has 7 heteroatoms. The number of nitrogens with one attached hydrogen (secondary N) is 1. The lowest BCUT2D eigenvalue weighted by Crippen LogP contribution is -2.31. The summed E-state index contributed by atoms with van der Waals surface area (Å²) in [4.78, 5) is 0. The molecule has 0 aliphatic heterocycles. The second-order valence-electron chi connectivity index (χ2n) is 4.96. The highest BCUT2D eigenvalue weighted by Crippen LogP contribution is 2.35. The lowest BCUT2D eigenvalue weighted by Gasteiger charge is -2.29. The maximum atomic E-state index is 12.5. The van der Waals surface area contributed by atoms with Crippen LogP contribution in [-0.4, -0.2) is 12.4 Å². The number of halogens is 4. The summed E-state index contributed by atoms with van der Waals surface area (Å²) >= 11 is 3.13. The Morgan fingerprint density at radius 1 is 1.29 bits per heavy atom. The van der Waals surface area contributed by atoms with Crippen LogP contribution >= 0.6 is 15.9 Å². The fourth-order valence-electron chi connectivity index (χ4n) is 2.48. The molecule has 114 valence electrons. The number of hydrogen-bond donors (Lipinski definition) is 1. The molecule has 1 aromatic rings. The first kappa shape index (κ1) is 16.0. The van der Waals surface area contributed by atoms with Crippen LogP contribution in [0.1, 0.15) is 25.7 Å². The number of alkyl halides is 3. The lowest BCUT2D eigenvalue weighted by atomic mass is 9.85. The van der Waals surface area contributed by atoms with Gasteiger partial charge in [-0.1, -0.05) is 28.8 Å². The number of rotatable bonds is 3. The molecule has 0 spiro atoms. The average molecular weight is 363 g/mol. The maximum Gasteiger partial charge on any atom is 0.573 e. The van der Waals surface area contributed by atoms with Crippen LogP contribution in [0.15, 0.2) is 22.7 Å². The Morgan fingerprint density at radius 2 is 2.00 bits per heavy atom. The van der Waals surface area contributed by atoms with E-state index in [1.54, 1.807) is 6.07 Å². The summed E-state index contributed by atoms with van der Waals surface area (Å²) in [6.45, 7) is 0. The van der Waals surface area contributed by atoms with E-state index in [2.05, 4.69) is 32.1 Å². The largest absolute Gasteiger partial charge is 0.573 e. The number of ether oxygens (including phenoxy) is 1. The average Bonchev–Trinajstić information content (AvgIpc) is 2.40. The third-order valence-electron chi connectivity index (χ3n) is 3.44. The highest BCUT2D eigenvalue weighted by molar-refractivity contribution is 9.10. The molecule has 0 aromatic heterocycles. The number of hydrogen-bond acceptors (Lipinski definition) is 3. The monoisotopic (exact) mass is 362 g/mol. The summed E-state index contributed by atoms with van der Waals surface area (Å²) in [5.41, 5.74) is 0.252. The Morgan fingerprint density at radius 3 is 2.67 bits per heavy atom. The van der Waals surface area contributed by atoms with E-state index in [4.69, 9.17) is 5.26 Å². The Bertz CT molecular complexity index is 542. The van der Waals surface area contributed by atoms with Crippen molar-refractivity contribution in [3.63, 3.8) is 0 Å². The first-order chi connectivity index (χ1) is 9.89. The van der Waals surface area contributed by atoms with Crippen LogP contribution < -0.4 is 10.1 Å². The van der Waals surface area contributed by atoms with E-state index in [1.807, 2.05) is 0 Å². The third kappa shape index (κ3) is 4.53. The molecule has 0 radical (unpaired) electrons. The van der Waals surface area contributed by atoms with Gasteiger partial charge in [0.05, 0.1) is 17.7 Å². The molecule has 1 aliphatic rings. The fourth-order valence-corrected chi connectivity index (χ4v) is 2.82. The van der Waals surface area contributed by atoms with Crippen molar-refractivity contribution < 1.29 is 17.9 Å².